The van der Waals surface area contributed by atoms with Crippen LogP contribution >= 0.6 is 0 Å². The van der Waals surface area contributed by atoms with Gasteiger partial charge in [-0.15, -0.1) is 0 Å². The number of nitrogens with two attached hydrogens (primary N) is 1. The van der Waals surface area contributed by atoms with Crippen molar-refractivity contribution in [3.8, 4) is 0 Å². The van der Waals surface area contributed by atoms with E-state index >= 15 is 0 Å². The number of primary amides is 1. The molecule has 1 heterocycles. The van der Waals surface area contributed by atoms with Crippen molar-refractivity contribution in [2.24, 2.45) is 5.73 Å². The number of rotatable bonds is 3. The highest BCUT2D eigenvalue weighted by Crippen LogP contribution is 2.36. The summed E-state index contributed by atoms with van der Waals surface area (Å²) in [6.07, 6.45) is 0.671. The Morgan fingerprint density at radius 1 is 1.22 bits per heavy atom. The fourth-order valence-corrected chi connectivity index (χ4v) is 4.76. The predicted octanol–water partition coefficient (Wildman–Crippen LogP) is 2.23. The Hall–Kier alpha value is -2.34. The number of benzene rings is 2. The van der Waals surface area contributed by atoms with Crippen LogP contribution in [0.3, 0.4) is 0 Å². The molecule has 1 atom stereocenters. The van der Waals surface area contributed by atoms with E-state index in [1.165, 1.54) is 16.4 Å². The predicted molar refractivity (Wildman–Crippen MR) is 89.0 cm³/mol. The van der Waals surface area contributed by atoms with Crippen LogP contribution in [0.15, 0.2) is 47.4 Å². The molecule has 1 amide bonds. The molecule has 2 aromatic carbocycles. The van der Waals surface area contributed by atoms with Crippen LogP contribution in [0.1, 0.15) is 28.4 Å². The molecule has 1 unspecified atom stereocenters. The summed E-state index contributed by atoms with van der Waals surface area (Å²) in [5.41, 5.74) is 7.92. The molecule has 120 valence electrons. The molecule has 2 N–H and O–H groups in total. The van der Waals surface area contributed by atoms with Gasteiger partial charge in [0.25, 0.3) is 10.0 Å². The second-order valence-corrected chi connectivity index (χ2v) is 7.64. The molecule has 0 aliphatic carbocycles. The summed E-state index contributed by atoms with van der Waals surface area (Å²) in [6.45, 7) is 3.60. The first-order chi connectivity index (χ1) is 10.8. The Morgan fingerprint density at radius 3 is 2.61 bits per heavy atom. The standard InChI is InChI=1S/C17H18N2O3S/c1-11-7-8-14(10-15(11)17(18)20)23(21,22)19-12(2)9-13-5-3-4-6-16(13)19/h3-8,10,12H,9H2,1-2H3,(H2,18,20). The lowest BCUT2D eigenvalue weighted by Gasteiger charge is -2.24. The maximum atomic E-state index is 13.1. The van der Waals surface area contributed by atoms with Crippen LogP contribution in [-0.2, 0) is 16.4 Å². The number of carbonyl (C=O) groups is 1. The van der Waals surface area contributed by atoms with Crippen molar-refractivity contribution in [1.29, 1.82) is 0 Å². The summed E-state index contributed by atoms with van der Waals surface area (Å²) < 4.78 is 27.6. The maximum absolute atomic E-state index is 13.1. The van der Waals surface area contributed by atoms with E-state index in [0.29, 0.717) is 17.7 Å². The van der Waals surface area contributed by atoms with Gasteiger partial charge in [-0.2, -0.15) is 0 Å². The molecule has 6 heteroatoms. The van der Waals surface area contributed by atoms with E-state index in [2.05, 4.69) is 0 Å². The number of hydrogen-bond donors (Lipinski definition) is 1. The highest BCUT2D eigenvalue weighted by Gasteiger charge is 2.36. The van der Waals surface area contributed by atoms with Crippen LogP contribution in [0.5, 0.6) is 0 Å². The van der Waals surface area contributed by atoms with Crippen molar-refractivity contribution in [1.82, 2.24) is 0 Å². The Bertz CT molecular complexity index is 890. The summed E-state index contributed by atoms with van der Waals surface area (Å²) in [4.78, 5) is 11.6. The second-order valence-electron chi connectivity index (χ2n) is 5.82. The summed E-state index contributed by atoms with van der Waals surface area (Å²) in [7, 11) is -3.75. The lowest BCUT2D eigenvalue weighted by atomic mass is 10.1. The van der Waals surface area contributed by atoms with Crippen molar-refractivity contribution >= 4 is 21.6 Å². The summed E-state index contributed by atoms with van der Waals surface area (Å²) in [5.74, 6) is -0.630. The Balaban J connectivity index is 2.13. The third kappa shape index (κ3) is 2.49. The van der Waals surface area contributed by atoms with Crippen molar-refractivity contribution in [2.75, 3.05) is 4.31 Å². The molecular formula is C17H18N2O3S. The lowest BCUT2D eigenvalue weighted by Crippen LogP contribution is -2.35. The molecule has 0 saturated heterocycles. The molecule has 2 aromatic rings. The van der Waals surface area contributed by atoms with E-state index < -0.39 is 15.9 Å². The molecule has 1 aliphatic rings. The molecular weight excluding hydrogens is 312 g/mol. The highest BCUT2D eigenvalue weighted by molar-refractivity contribution is 7.92. The van der Waals surface area contributed by atoms with E-state index in [0.717, 1.165) is 5.56 Å². The molecule has 23 heavy (non-hydrogen) atoms. The number of para-hydroxylation sites is 1. The van der Waals surface area contributed by atoms with E-state index in [1.807, 2.05) is 25.1 Å². The molecule has 0 bridgehead atoms. The van der Waals surface area contributed by atoms with Gasteiger partial charge in [-0.25, -0.2) is 8.42 Å². The maximum Gasteiger partial charge on any atom is 0.264 e. The van der Waals surface area contributed by atoms with Gasteiger partial charge >= 0.3 is 0 Å². The van der Waals surface area contributed by atoms with Crippen molar-refractivity contribution in [2.45, 2.75) is 31.2 Å². The Kier molecular flexibility index (Phi) is 3.64. The number of carbonyl (C=O) groups excluding carboxylic acids is 1. The van der Waals surface area contributed by atoms with Crippen LogP contribution in [0, 0.1) is 6.92 Å². The number of anilines is 1. The zero-order valence-corrected chi connectivity index (χ0v) is 13.8. The average Bonchev–Trinajstić information content (AvgIpc) is 2.83. The van der Waals surface area contributed by atoms with Gasteiger partial charge in [0.15, 0.2) is 0 Å². The number of nitrogens with zero attached hydrogens (tertiary/aromatic N) is 1. The SMILES string of the molecule is Cc1ccc(S(=O)(=O)N2c3ccccc3CC2C)cc1C(N)=O. The first kappa shape index (κ1) is 15.6. The van der Waals surface area contributed by atoms with Gasteiger partial charge < -0.3 is 5.73 Å². The molecule has 1 aliphatic heterocycles. The summed E-state index contributed by atoms with van der Waals surface area (Å²) in [5, 5.41) is 0. The van der Waals surface area contributed by atoms with Gasteiger partial charge in [-0.05, 0) is 49.6 Å². The zero-order valence-electron chi connectivity index (χ0n) is 13.0. The Labute approximate surface area is 135 Å². The molecule has 0 fully saturated rings. The monoisotopic (exact) mass is 330 g/mol. The van der Waals surface area contributed by atoms with Crippen LogP contribution in [0.2, 0.25) is 0 Å². The second kappa shape index (κ2) is 5.38. The minimum absolute atomic E-state index is 0.0838. The zero-order chi connectivity index (χ0) is 16.8. The third-order valence-corrected chi connectivity index (χ3v) is 6.10. The quantitative estimate of drug-likeness (QED) is 0.937. The minimum Gasteiger partial charge on any atom is -0.366 e. The normalized spacial score (nSPS) is 17.1. The van der Waals surface area contributed by atoms with Crippen LogP contribution in [0.25, 0.3) is 0 Å². The van der Waals surface area contributed by atoms with Crippen LogP contribution in [-0.4, -0.2) is 20.4 Å². The van der Waals surface area contributed by atoms with Crippen LogP contribution in [0.4, 0.5) is 5.69 Å². The number of sulfonamides is 1. The van der Waals surface area contributed by atoms with E-state index in [4.69, 9.17) is 5.73 Å². The number of aryl methyl sites for hydroxylation is 1. The summed E-state index contributed by atoms with van der Waals surface area (Å²) >= 11 is 0. The van der Waals surface area contributed by atoms with Crippen molar-refractivity contribution in [3.63, 3.8) is 0 Å². The van der Waals surface area contributed by atoms with E-state index in [1.54, 1.807) is 19.1 Å². The van der Waals surface area contributed by atoms with Gasteiger partial charge in [0.05, 0.1) is 10.6 Å². The van der Waals surface area contributed by atoms with Gasteiger partial charge in [0.1, 0.15) is 0 Å². The minimum atomic E-state index is -3.75. The molecule has 5 nitrogen and oxygen atoms in total. The van der Waals surface area contributed by atoms with Gasteiger partial charge in [-0.1, -0.05) is 24.3 Å². The van der Waals surface area contributed by atoms with E-state index in [-0.39, 0.29) is 16.5 Å². The topological polar surface area (TPSA) is 80.5 Å². The van der Waals surface area contributed by atoms with Crippen molar-refractivity contribution in [3.05, 3.63) is 59.2 Å². The first-order valence-electron chi connectivity index (χ1n) is 7.35. The van der Waals surface area contributed by atoms with Crippen molar-refractivity contribution < 1.29 is 13.2 Å². The molecule has 0 saturated carbocycles. The molecule has 0 aromatic heterocycles. The highest BCUT2D eigenvalue weighted by atomic mass is 32.2. The van der Waals surface area contributed by atoms with Gasteiger partial charge in [0.2, 0.25) is 5.91 Å². The largest absolute Gasteiger partial charge is 0.366 e. The number of amides is 1. The summed E-state index contributed by atoms with van der Waals surface area (Å²) in [6, 6.07) is 11.8. The number of hydrogen-bond acceptors (Lipinski definition) is 3. The average molecular weight is 330 g/mol. The fraction of sp³-hybridized carbons (Fsp3) is 0.235. The fourth-order valence-electron chi connectivity index (χ4n) is 3.04. The molecule has 3 rings (SSSR count). The first-order valence-corrected chi connectivity index (χ1v) is 8.79. The smallest absolute Gasteiger partial charge is 0.264 e. The lowest BCUT2D eigenvalue weighted by molar-refractivity contribution is 0.0999. The number of fused-ring (bicyclic) bond motifs is 1. The van der Waals surface area contributed by atoms with Gasteiger partial charge in [0, 0.05) is 11.6 Å². The van der Waals surface area contributed by atoms with E-state index in [9.17, 15) is 13.2 Å². The third-order valence-electron chi connectivity index (χ3n) is 4.18. The molecule has 0 spiro atoms. The van der Waals surface area contributed by atoms with Crippen LogP contribution < -0.4 is 10.0 Å². The Morgan fingerprint density at radius 2 is 1.91 bits per heavy atom. The van der Waals surface area contributed by atoms with Gasteiger partial charge in [-0.3, -0.25) is 9.10 Å². The molecule has 0 radical (unpaired) electrons.